The van der Waals surface area contributed by atoms with Gasteiger partial charge in [0.05, 0.1) is 0 Å². The molecule has 0 aliphatic heterocycles. The molecule has 0 saturated carbocycles. The van der Waals surface area contributed by atoms with E-state index in [9.17, 15) is 9.59 Å². The Bertz CT molecular complexity index is 644. The van der Waals surface area contributed by atoms with Gasteiger partial charge in [0.15, 0.2) is 0 Å². The van der Waals surface area contributed by atoms with E-state index in [1.165, 1.54) is 0 Å². The van der Waals surface area contributed by atoms with Crippen LogP contribution < -0.4 is 10.6 Å². The van der Waals surface area contributed by atoms with Gasteiger partial charge in [0.25, 0.3) is 0 Å². The van der Waals surface area contributed by atoms with Gasteiger partial charge in [-0.25, -0.2) is 0 Å². The summed E-state index contributed by atoms with van der Waals surface area (Å²) in [6.45, 7) is 0.479. The Labute approximate surface area is 138 Å². The van der Waals surface area contributed by atoms with Crippen LogP contribution >= 0.6 is 15.9 Å². The molecule has 5 heteroatoms. The minimum Gasteiger partial charge on any atom is -0.352 e. The lowest BCUT2D eigenvalue weighted by atomic mass is 10.2. The summed E-state index contributed by atoms with van der Waals surface area (Å²) in [6, 6.07) is 17.0. The Hall–Kier alpha value is -2.14. The summed E-state index contributed by atoms with van der Waals surface area (Å²) in [5.74, 6) is -0.304. The average molecular weight is 361 g/mol. The molecule has 0 spiro atoms. The summed E-state index contributed by atoms with van der Waals surface area (Å²) in [6.07, 6.45) is 0.333. The van der Waals surface area contributed by atoms with E-state index in [2.05, 4.69) is 26.6 Å². The molecule has 2 rings (SSSR count). The van der Waals surface area contributed by atoms with Crippen molar-refractivity contribution in [1.29, 1.82) is 0 Å². The van der Waals surface area contributed by atoms with E-state index in [1.54, 1.807) is 6.07 Å². The van der Waals surface area contributed by atoms with Gasteiger partial charge in [-0.05, 0) is 23.8 Å². The highest BCUT2D eigenvalue weighted by Crippen LogP contribution is 2.15. The number of hydrogen-bond donors (Lipinski definition) is 2. The number of benzene rings is 2. The molecule has 0 heterocycles. The van der Waals surface area contributed by atoms with Crippen molar-refractivity contribution >= 4 is 33.4 Å². The predicted molar refractivity (Wildman–Crippen MR) is 90.3 cm³/mol. The molecule has 22 heavy (non-hydrogen) atoms. The Morgan fingerprint density at radius 2 is 1.64 bits per heavy atom. The number of hydrogen-bond acceptors (Lipinski definition) is 2. The smallest absolute Gasteiger partial charge is 0.224 e. The van der Waals surface area contributed by atoms with E-state index in [0.29, 0.717) is 12.2 Å². The average Bonchev–Trinajstić information content (AvgIpc) is 2.52. The Balaban J connectivity index is 1.70. The normalized spacial score (nSPS) is 10.0. The molecule has 0 atom stereocenters. The maximum absolute atomic E-state index is 11.8. The third-order valence-corrected chi connectivity index (χ3v) is 3.51. The second-order valence-corrected chi connectivity index (χ2v) is 5.74. The molecule has 2 N–H and O–H groups in total. The molecule has 0 radical (unpaired) electrons. The Morgan fingerprint density at radius 1 is 0.909 bits per heavy atom. The van der Waals surface area contributed by atoms with E-state index in [4.69, 9.17) is 0 Å². The number of halogens is 1. The van der Waals surface area contributed by atoms with Crippen LogP contribution in [0.5, 0.6) is 0 Å². The minimum absolute atomic E-state index is 0.131. The molecule has 0 unspecified atom stereocenters. The lowest BCUT2D eigenvalue weighted by molar-refractivity contribution is -0.124. The third kappa shape index (κ3) is 5.69. The van der Waals surface area contributed by atoms with Gasteiger partial charge in [-0.3, -0.25) is 9.59 Å². The van der Waals surface area contributed by atoms with Crippen molar-refractivity contribution in [2.45, 2.75) is 19.4 Å². The lowest BCUT2D eigenvalue weighted by Crippen LogP contribution is -2.24. The van der Waals surface area contributed by atoms with Crippen molar-refractivity contribution < 1.29 is 9.59 Å². The lowest BCUT2D eigenvalue weighted by Gasteiger charge is -2.07. The van der Waals surface area contributed by atoms with Crippen molar-refractivity contribution in [2.24, 2.45) is 0 Å². The zero-order valence-electron chi connectivity index (χ0n) is 12.0. The van der Waals surface area contributed by atoms with E-state index in [0.717, 1.165) is 10.0 Å². The van der Waals surface area contributed by atoms with E-state index >= 15 is 0 Å². The van der Waals surface area contributed by atoms with Crippen molar-refractivity contribution in [3.05, 3.63) is 64.6 Å². The van der Waals surface area contributed by atoms with Gasteiger partial charge in [0.2, 0.25) is 11.8 Å². The molecule has 114 valence electrons. The first kappa shape index (κ1) is 16.2. The molecule has 0 saturated heterocycles. The fraction of sp³-hybridized carbons (Fsp3) is 0.176. The fourth-order valence-corrected chi connectivity index (χ4v) is 2.30. The molecule has 0 fully saturated rings. The number of rotatable bonds is 6. The number of nitrogens with one attached hydrogen (secondary N) is 2. The summed E-state index contributed by atoms with van der Waals surface area (Å²) in [5.41, 5.74) is 1.75. The molecular weight excluding hydrogens is 344 g/mol. The number of carbonyl (C=O) groups excluding carboxylic acids is 2. The summed E-state index contributed by atoms with van der Waals surface area (Å²) >= 11 is 3.34. The Kier molecular flexibility index (Phi) is 6.15. The van der Waals surface area contributed by atoms with E-state index < -0.39 is 0 Å². The molecule has 2 amide bonds. The van der Waals surface area contributed by atoms with Gasteiger partial charge in [0, 0.05) is 29.5 Å². The number of anilines is 1. The van der Waals surface area contributed by atoms with Crippen LogP contribution in [-0.4, -0.2) is 11.8 Å². The van der Waals surface area contributed by atoms with Gasteiger partial charge >= 0.3 is 0 Å². The van der Waals surface area contributed by atoms with Gasteiger partial charge in [-0.15, -0.1) is 0 Å². The Morgan fingerprint density at radius 3 is 2.36 bits per heavy atom. The number of carbonyl (C=O) groups is 2. The summed E-state index contributed by atoms with van der Waals surface area (Å²) < 4.78 is 0.894. The van der Waals surface area contributed by atoms with Crippen molar-refractivity contribution in [2.75, 3.05) is 5.32 Å². The molecule has 2 aromatic carbocycles. The molecular formula is C17H17BrN2O2. The second kappa shape index (κ2) is 8.34. The quantitative estimate of drug-likeness (QED) is 0.828. The molecule has 0 bridgehead atoms. The summed E-state index contributed by atoms with van der Waals surface area (Å²) in [4.78, 5) is 23.5. The maximum atomic E-state index is 11.8. The monoisotopic (exact) mass is 360 g/mol. The zero-order valence-corrected chi connectivity index (χ0v) is 13.6. The van der Waals surface area contributed by atoms with Crippen LogP contribution in [0.25, 0.3) is 0 Å². The highest BCUT2D eigenvalue weighted by atomic mass is 79.9. The topological polar surface area (TPSA) is 58.2 Å². The van der Waals surface area contributed by atoms with Crippen molar-refractivity contribution in [1.82, 2.24) is 5.32 Å². The van der Waals surface area contributed by atoms with Crippen LogP contribution in [0.4, 0.5) is 5.69 Å². The van der Waals surface area contributed by atoms with Crippen molar-refractivity contribution in [3.8, 4) is 0 Å². The van der Waals surface area contributed by atoms with Crippen LogP contribution in [-0.2, 0) is 16.1 Å². The van der Waals surface area contributed by atoms with Crippen LogP contribution in [0.3, 0.4) is 0 Å². The SMILES string of the molecule is O=C(CCC(=O)Nc1cccc(Br)c1)NCc1ccccc1. The first-order valence-corrected chi connectivity index (χ1v) is 7.79. The highest BCUT2D eigenvalue weighted by Gasteiger charge is 2.07. The van der Waals surface area contributed by atoms with E-state index in [1.807, 2.05) is 48.5 Å². The molecule has 4 nitrogen and oxygen atoms in total. The predicted octanol–water partition coefficient (Wildman–Crippen LogP) is 3.48. The molecule has 0 aliphatic carbocycles. The zero-order chi connectivity index (χ0) is 15.8. The van der Waals surface area contributed by atoms with Crippen LogP contribution in [0.2, 0.25) is 0 Å². The first-order valence-electron chi connectivity index (χ1n) is 6.99. The largest absolute Gasteiger partial charge is 0.352 e. The van der Waals surface area contributed by atoms with Crippen LogP contribution in [0.1, 0.15) is 18.4 Å². The molecule has 2 aromatic rings. The minimum atomic E-state index is -0.173. The molecule has 0 aromatic heterocycles. The van der Waals surface area contributed by atoms with Gasteiger partial charge in [-0.2, -0.15) is 0 Å². The summed E-state index contributed by atoms with van der Waals surface area (Å²) in [7, 11) is 0. The first-order chi connectivity index (χ1) is 10.6. The summed E-state index contributed by atoms with van der Waals surface area (Å²) in [5, 5.41) is 5.56. The highest BCUT2D eigenvalue weighted by molar-refractivity contribution is 9.10. The van der Waals surface area contributed by atoms with Gasteiger partial charge in [0.1, 0.15) is 0 Å². The van der Waals surface area contributed by atoms with Crippen molar-refractivity contribution in [3.63, 3.8) is 0 Å². The van der Waals surface area contributed by atoms with Gasteiger partial charge < -0.3 is 10.6 Å². The standard InChI is InChI=1S/C17H17BrN2O2/c18-14-7-4-8-15(11-14)20-17(22)10-9-16(21)19-12-13-5-2-1-3-6-13/h1-8,11H,9-10,12H2,(H,19,21)(H,20,22). The van der Waals surface area contributed by atoms with Gasteiger partial charge in [-0.1, -0.05) is 52.3 Å². The second-order valence-electron chi connectivity index (χ2n) is 4.82. The third-order valence-electron chi connectivity index (χ3n) is 3.02. The number of amides is 2. The van der Waals surface area contributed by atoms with Crippen LogP contribution in [0.15, 0.2) is 59.1 Å². The van der Waals surface area contributed by atoms with E-state index in [-0.39, 0.29) is 24.7 Å². The maximum Gasteiger partial charge on any atom is 0.224 e. The fourth-order valence-electron chi connectivity index (χ4n) is 1.90. The molecule has 0 aliphatic rings. The van der Waals surface area contributed by atoms with Crippen LogP contribution in [0, 0.1) is 0 Å².